The van der Waals surface area contributed by atoms with Gasteiger partial charge in [0, 0.05) is 12.6 Å². The molecule has 21 heavy (non-hydrogen) atoms. The Bertz CT molecular complexity index is 662. The summed E-state index contributed by atoms with van der Waals surface area (Å²) >= 11 is 18.0. The van der Waals surface area contributed by atoms with Crippen LogP contribution in [-0.4, -0.2) is 0 Å². The molecule has 1 unspecified atom stereocenters. The molecule has 1 nitrogen and oxygen atoms in total. The summed E-state index contributed by atoms with van der Waals surface area (Å²) in [5.41, 5.74) is 1.42. The van der Waals surface area contributed by atoms with E-state index in [9.17, 15) is 8.78 Å². The zero-order valence-corrected chi connectivity index (χ0v) is 13.3. The van der Waals surface area contributed by atoms with Crippen LogP contribution in [0.2, 0.25) is 15.1 Å². The second kappa shape index (κ2) is 6.93. The molecule has 0 aliphatic rings. The quantitative estimate of drug-likeness (QED) is 0.690. The minimum absolute atomic E-state index is 0.125. The van der Waals surface area contributed by atoms with Crippen LogP contribution < -0.4 is 5.32 Å². The van der Waals surface area contributed by atoms with Crippen molar-refractivity contribution in [2.75, 3.05) is 0 Å². The molecule has 0 radical (unpaired) electrons. The number of nitrogens with one attached hydrogen (secondary N) is 1. The molecule has 6 heteroatoms. The highest BCUT2D eigenvalue weighted by molar-refractivity contribution is 6.48. The largest absolute Gasteiger partial charge is 0.306 e. The summed E-state index contributed by atoms with van der Waals surface area (Å²) in [5.74, 6) is -1.73. The molecule has 0 aromatic heterocycles. The number of rotatable bonds is 4. The molecule has 1 atom stereocenters. The van der Waals surface area contributed by atoms with Gasteiger partial charge >= 0.3 is 0 Å². The Morgan fingerprint density at radius 3 is 2.38 bits per heavy atom. The van der Waals surface area contributed by atoms with E-state index in [-0.39, 0.29) is 6.04 Å². The Labute approximate surface area is 136 Å². The van der Waals surface area contributed by atoms with Crippen molar-refractivity contribution in [3.63, 3.8) is 0 Å². The number of benzene rings is 2. The second-order valence-electron chi connectivity index (χ2n) is 4.62. The van der Waals surface area contributed by atoms with E-state index in [2.05, 4.69) is 5.32 Å². The van der Waals surface area contributed by atoms with E-state index in [0.29, 0.717) is 27.2 Å². The third-order valence-electron chi connectivity index (χ3n) is 3.13. The van der Waals surface area contributed by atoms with Crippen LogP contribution in [0.15, 0.2) is 30.3 Å². The molecule has 0 saturated carbocycles. The lowest BCUT2D eigenvalue weighted by Gasteiger charge is -2.17. The minimum atomic E-state index is -0.866. The van der Waals surface area contributed by atoms with Gasteiger partial charge < -0.3 is 5.32 Å². The van der Waals surface area contributed by atoms with Gasteiger partial charge in [-0.2, -0.15) is 0 Å². The van der Waals surface area contributed by atoms with Gasteiger partial charge in [-0.15, -0.1) is 0 Å². The summed E-state index contributed by atoms with van der Waals surface area (Å²) in [4.78, 5) is 0. The van der Waals surface area contributed by atoms with E-state index < -0.39 is 11.6 Å². The number of hydrogen-bond acceptors (Lipinski definition) is 1. The van der Waals surface area contributed by atoms with Gasteiger partial charge in [-0.25, -0.2) is 8.78 Å². The molecule has 1 N–H and O–H groups in total. The third kappa shape index (κ3) is 3.86. The molecular formula is C15H12Cl3F2N. The Balaban J connectivity index is 2.10. The lowest BCUT2D eigenvalue weighted by Crippen LogP contribution is -2.18. The molecule has 2 aromatic rings. The van der Waals surface area contributed by atoms with Gasteiger partial charge in [0.15, 0.2) is 11.6 Å². The van der Waals surface area contributed by atoms with Crippen molar-refractivity contribution < 1.29 is 8.78 Å². The van der Waals surface area contributed by atoms with Gasteiger partial charge in [0.25, 0.3) is 0 Å². The van der Waals surface area contributed by atoms with E-state index in [1.165, 1.54) is 6.07 Å². The highest BCUT2D eigenvalue weighted by Gasteiger charge is 2.14. The molecule has 2 aromatic carbocycles. The van der Waals surface area contributed by atoms with Crippen molar-refractivity contribution in [2.45, 2.75) is 19.5 Å². The van der Waals surface area contributed by atoms with Crippen LogP contribution in [0.4, 0.5) is 8.78 Å². The van der Waals surface area contributed by atoms with Gasteiger partial charge in [0.05, 0.1) is 15.1 Å². The fourth-order valence-corrected chi connectivity index (χ4v) is 2.61. The SMILES string of the molecule is CC(NCc1ccc(F)c(F)c1)c1ccc(Cl)c(Cl)c1Cl. The lowest BCUT2D eigenvalue weighted by molar-refractivity contribution is 0.504. The maximum atomic E-state index is 13.1. The Morgan fingerprint density at radius 1 is 1.00 bits per heavy atom. The second-order valence-corrected chi connectivity index (χ2v) is 5.78. The molecule has 2 rings (SSSR count). The molecule has 0 amide bonds. The van der Waals surface area contributed by atoms with Crippen LogP contribution in [0, 0.1) is 11.6 Å². The standard InChI is InChI=1S/C15H12Cl3F2N/c1-8(10-3-4-11(16)15(18)14(10)17)21-7-9-2-5-12(19)13(20)6-9/h2-6,8,21H,7H2,1H3. The van der Waals surface area contributed by atoms with Gasteiger partial charge in [-0.1, -0.05) is 46.9 Å². The molecule has 0 bridgehead atoms. The number of hydrogen-bond donors (Lipinski definition) is 1. The van der Waals surface area contributed by atoms with Gasteiger partial charge in [-0.3, -0.25) is 0 Å². The Morgan fingerprint density at radius 2 is 1.71 bits per heavy atom. The van der Waals surface area contributed by atoms with E-state index >= 15 is 0 Å². The predicted molar refractivity (Wildman–Crippen MR) is 83.1 cm³/mol. The van der Waals surface area contributed by atoms with Gasteiger partial charge in [0.2, 0.25) is 0 Å². The van der Waals surface area contributed by atoms with Crippen molar-refractivity contribution in [3.8, 4) is 0 Å². The summed E-state index contributed by atoms with van der Waals surface area (Å²) in [6, 6.07) is 7.10. The van der Waals surface area contributed by atoms with Gasteiger partial charge in [0.1, 0.15) is 0 Å². The monoisotopic (exact) mass is 349 g/mol. The van der Waals surface area contributed by atoms with Crippen molar-refractivity contribution >= 4 is 34.8 Å². The Hall–Kier alpha value is -0.870. The van der Waals surface area contributed by atoms with Crippen molar-refractivity contribution in [2.24, 2.45) is 0 Å². The van der Waals surface area contributed by atoms with Crippen molar-refractivity contribution in [3.05, 3.63) is 68.2 Å². The topological polar surface area (TPSA) is 12.0 Å². The average molecular weight is 351 g/mol. The maximum Gasteiger partial charge on any atom is 0.159 e. The molecule has 0 saturated heterocycles. The van der Waals surface area contributed by atoms with Crippen molar-refractivity contribution in [1.82, 2.24) is 5.32 Å². The van der Waals surface area contributed by atoms with Crippen LogP contribution >= 0.6 is 34.8 Å². The van der Waals surface area contributed by atoms with E-state index in [4.69, 9.17) is 34.8 Å². The van der Waals surface area contributed by atoms with Crippen molar-refractivity contribution in [1.29, 1.82) is 0 Å². The number of halogens is 5. The lowest BCUT2D eigenvalue weighted by atomic mass is 10.1. The first-order valence-electron chi connectivity index (χ1n) is 6.21. The van der Waals surface area contributed by atoms with Crippen LogP contribution in [0.1, 0.15) is 24.1 Å². The minimum Gasteiger partial charge on any atom is -0.306 e. The fourth-order valence-electron chi connectivity index (χ4n) is 1.91. The van der Waals surface area contributed by atoms with Crippen LogP contribution in [-0.2, 0) is 6.54 Å². The smallest absolute Gasteiger partial charge is 0.159 e. The summed E-state index contributed by atoms with van der Waals surface area (Å²) in [6.07, 6.45) is 0. The molecule has 0 fully saturated rings. The first-order chi connectivity index (χ1) is 9.90. The predicted octanol–water partition coefficient (Wildman–Crippen LogP) is 5.78. The zero-order valence-electron chi connectivity index (χ0n) is 11.1. The van der Waals surface area contributed by atoms with Crippen LogP contribution in [0.5, 0.6) is 0 Å². The average Bonchev–Trinajstić information content (AvgIpc) is 2.46. The summed E-state index contributed by atoms with van der Waals surface area (Å²) < 4.78 is 26.0. The molecule has 112 valence electrons. The van der Waals surface area contributed by atoms with Crippen LogP contribution in [0.25, 0.3) is 0 Å². The molecule has 0 aliphatic carbocycles. The van der Waals surface area contributed by atoms with E-state index in [1.54, 1.807) is 12.1 Å². The first kappa shape index (κ1) is 16.5. The maximum absolute atomic E-state index is 13.1. The van der Waals surface area contributed by atoms with E-state index in [0.717, 1.165) is 17.7 Å². The summed E-state index contributed by atoms with van der Waals surface area (Å²) in [7, 11) is 0. The highest BCUT2D eigenvalue weighted by Crippen LogP contribution is 2.35. The molecule has 0 heterocycles. The normalized spacial score (nSPS) is 12.5. The van der Waals surface area contributed by atoms with Crippen LogP contribution in [0.3, 0.4) is 0 Å². The fraction of sp³-hybridized carbons (Fsp3) is 0.200. The van der Waals surface area contributed by atoms with Gasteiger partial charge in [-0.05, 0) is 36.2 Å². The highest BCUT2D eigenvalue weighted by atomic mass is 35.5. The molecule has 0 aliphatic heterocycles. The summed E-state index contributed by atoms with van der Waals surface area (Å²) in [5, 5.41) is 4.25. The molecule has 0 spiro atoms. The molecular weight excluding hydrogens is 339 g/mol. The summed E-state index contributed by atoms with van der Waals surface area (Å²) in [6.45, 7) is 2.26. The first-order valence-corrected chi connectivity index (χ1v) is 7.34. The Kier molecular flexibility index (Phi) is 5.44. The van der Waals surface area contributed by atoms with E-state index in [1.807, 2.05) is 6.92 Å². The zero-order chi connectivity index (χ0) is 15.6. The third-order valence-corrected chi connectivity index (χ3v) is 4.44.